The van der Waals surface area contributed by atoms with Gasteiger partial charge in [-0.1, -0.05) is 29.3 Å². The molecule has 2 aromatic rings. The number of fused-ring (bicyclic) bond motifs is 1. The molecule has 2 aromatic carbocycles. The van der Waals surface area contributed by atoms with Crippen LogP contribution < -0.4 is 20.1 Å². The third-order valence-corrected chi connectivity index (χ3v) is 4.58. The second-order valence-corrected chi connectivity index (χ2v) is 6.61. The van der Waals surface area contributed by atoms with Gasteiger partial charge in [0.15, 0.2) is 6.73 Å². The maximum atomic E-state index is 10.0. The van der Waals surface area contributed by atoms with Crippen LogP contribution in [0.4, 0.5) is 5.69 Å². The summed E-state index contributed by atoms with van der Waals surface area (Å²) in [5.74, 6) is 1.45. The van der Waals surface area contributed by atoms with Crippen LogP contribution in [-0.2, 0) is 6.42 Å². The zero-order chi connectivity index (χ0) is 17.6. The summed E-state index contributed by atoms with van der Waals surface area (Å²) in [4.78, 5) is 0. The molecule has 0 unspecified atom stereocenters. The highest BCUT2D eigenvalue weighted by Gasteiger charge is 2.12. The molecule has 1 heterocycles. The van der Waals surface area contributed by atoms with Gasteiger partial charge in [0.25, 0.3) is 0 Å². The lowest BCUT2D eigenvalue weighted by atomic mass is 10.1. The number of rotatable bonds is 8. The van der Waals surface area contributed by atoms with Crippen LogP contribution in [0.1, 0.15) is 5.56 Å². The van der Waals surface area contributed by atoms with Crippen molar-refractivity contribution in [3.05, 3.63) is 52.0 Å². The van der Waals surface area contributed by atoms with E-state index in [9.17, 15) is 5.11 Å². The van der Waals surface area contributed by atoms with Crippen molar-refractivity contribution < 1.29 is 14.6 Å². The van der Waals surface area contributed by atoms with Crippen LogP contribution in [0.2, 0.25) is 10.0 Å². The standard InChI is InChI=1S/C18H20Cl2N2O3/c19-15-3-1-12(7-16(15)20)5-6-21-9-13(23)10-24-14-2-4-17-18(8-14)25-11-22-17/h1-4,7-8,13,21-23H,5-6,9-11H2/t13-/m0/s1. The van der Waals surface area contributed by atoms with E-state index >= 15 is 0 Å². The fraction of sp³-hybridized carbons (Fsp3) is 0.333. The molecule has 0 bridgehead atoms. The zero-order valence-electron chi connectivity index (χ0n) is 13.6. The molecule has 0 saturated carbocycles. The van der Waals surface area contributed by atoms with E-state index in [1.165, 1.54) is 0 Å². The predicted octanol–water partition coefficient (Wildman–Crippen LogP) is 3.33. The van der Waals surface area contributed by atoms with Gasteiger partial charge in [0.1, 0.15) is 24.2 Å². The molecule has 1 aliphatic heterocycles. The minimum Gasteiger partial charge on any atom is -0.491 e. The summed E-state index contributed by atoms with van der Waals surface area (Å²) in [6.07, 6.45) is 0.209. The van der Waals surface area contributed by atoms with Crippen LogP contribution in [0.15, 0.2) is 36.4 Å². The molecule has 7 heteroatoms. The molecule has 5 nitrogen and oxygen atoms in total. The molecule has 1 atom stereocenters. The molecule has 0 amide bonds. The molecule has 0 aliphatic carbocycles. The van der Waals surface area contributed by atoms with E-state index in [2.05, 4.69) is 10.6 Å². The van der Waals surface area contributed by atoms with Crippen molar-refractivity contribution in [1.82, 2.24) is 5.32 Å². The Morgan fingerprint density at radius 2 is 2.08 bits per heavy atom. The number of aliphatic hydroxyl groups is 1. The molecule has 0 spiro atoms. The lowest BCUT2D eigenvalue weighted by Crippen LogP contribution is -2.32. The largest absolute Gasteiger partial charge is 0.491 e. The normalized spacial score (nSPS) is 13.7. The Morgan fingerprint density at radius 3 is 2.92 bits per heavy atom. The average molecular weight is 383 g/mol. The van der Waals surface area contributed by atoms with Crippen molar-refractivity contribution in [2.24, 2.45) is 0 Å². The molecule has 0 fully saturated rings. The van der Waals surface area contributed by atoms with Crippen LogP contribution in [0, 0.1) is 0 Å². The summed E-state index contributed by atoms with van der Waals surface area (Å²) in [7, 11) is 0. The number of nitrogens with one attached hydrogen (secondary N) is 2. The zero-order valence-corrected chi connectivity index (χ0v) is 15.1. The number of hydrogen-bond donors (Lipinski definition) is 3. The van der Waals surface area contributed by atoms with Crippen molar-refractivity contribution in [3.8, 4) is 11.5 Å². The Bertz CT molecular complexity index is 727. The summed E-state index contributed by atoms with van der Waals surface area (Å²) in [5.41, 5.74) is 2.05. The fourth-order valence-corrected chi connectivity index (χ4v) is 2.82. The molecular weight excluding hydrogens is 363 g/mol. The SMILES string of the molecule is O[C@@H](CNCCc1ccc(Cl)c(Cl)c1)COc1ccc2c(c1)OCN2. The second-order valence-electron chi connectivity index (χ2n) is 5.79. The summed E-state index contributed by atoms with van der Waals surface area (Å²) < 4.78 is 11.0. The Hall–Kier alpha value is -1.66. The topological polar surface area (TPSA) is 62.8 Å². The Morgan fingerprint density at radius 1 is 1.20 bits per heavy atom. The van der Waals surface area contributed by atoms with E-state index in [0.29, 0.717) is 29.1 Å². The summed E-state index contributed by atoms with van der Waals surface area (Å²) in [6.45, 7) is 1.87. The van der Waals surface area contributed by atoms with Gasteiger partial charge in [-0.15, -0.1) is 0 Å². The highest BCUT2D eigenvalue weighted by atomic mass is 35.5. The Balaban J connectivity index is 1.35. The summed E-state index contributed by atoms with van der Waals surface area (Å²) >= 11 is 11.9. The quantitative estimate of drug-likeness (QED) is 0.611. The van der Waals surface area contributed by atoms with Crippen LogP contribution in [0.3, 0.4) is 0 Å². The number of hydrogen-bond acceptors (Lipinski definition) is 5. The molecule has 0 saturated heterocycles. The van der Waals surface area contributed by atoms with Gasteiger partial charge in [-0.2, -0.15) is 0 Å². The van der Waals surface area contributed by atoms with E-state index in [4.69, 9.17) is 32.7 Å². The molecular formula is C18H20Cl2N2O3. The smallest absolute Gasteiger partial charge is 0.159 e. The van der Waals surface area contributed by atoms with Crippen LogP contribution in [-0.4, -0.2) is 37.6 Å². The Labute approximate surface area is 156 Å². The van der Waals surface area contributed by atoms with Gasteiger partial charge >= 0.3 is 0 Å². The monoisotopic (exact) mass is 382 g/mol. The van der Waals surface area contributed by atoms with E-state index in [1.807, 2.05) is 30.3 Å². The number of aliphatic hydroxyl groups excluding tert-OH is 1. The maximum absolute atomic E-state index is 10.0. The van der Waals surface area contributed by atoms with Crippen molar-refractivity contribution in [3.63, 3.8) is 0 Å². The fourth-order valence-electron chi connectivity index (χ4n) is 2.50. The predicted molar refractivity (Wildman–Crippen MR) is 100 cm³/mol. The first kappa shape index (κ1) is 18.1. The third-order valence-electron chi connectivity index (χ3n) is 3.84. The first-order chi connectivity index (χ1) is 12.1. The number of anilines is 1. The minimum atomic E-state index is -0.596. The van der Waals surface area contributed by atoms with Crippen LogP contribution in [0.5, 0.6) is 11.5 Å². The number of ether oxygens (including phenoxy) is 2. The van der Waals surface area contributed by atoms with Crippen LogP contribution in [0.25, 0.3) is 0 Å². The Kier molecular flexibility index (Phi) is 6.26. The van der Waals surface area contributed by atoms with Crippen molar-refractivity contribution in [1.29, 1.82) is 0 Å². The third kappa shape index (κ3) is 5.16. The molecule has 0 radical (unpaired) electrons. The van der Waals surface area contributed by atoms with Crippen LogP contribution >= 0.6 is 23.2 Å². The average Bonchev–Trinajstić information content (AvgIpc) is 3.07. The second kappa shape index (κ2) is 8.63. The van der Waals surface area contributed by atoms with Crippen molar-refractivity contribution in [2.75, 3.05) is 31.7 Å². The van der Waals surface area contributed by atoms with Gasteiger partial charge in [0.05, 0.1) is 15.7 Å². The van der Waals surface area contributed by atoms with Gasteiger partial charge < -0.3 is 25.2 Å². The first-order valence-electron chi connectivity index (χ1n) is 8.08. The minimum absolute atomic E-state index is 0.214. The van der Waals surface area contributed by atoms with Gasteiger partial charge in [0.2, 0.25) is 0 Å². The van der Waals surface area contributed by atoms with E-state index in [0.717, 1.165) is 30.0 Å². The molecule has 3 N–H and O–H groups in total. The van der Waals surface area contributed by atoms with Gasteiger partial charge in [-0.3, -0.25) is 0 Å². The van der Waals surface area contributed by atoms with E-state index in [-0.39, 0.29) is 6.61 Å². The molecule has 25 heavy (non-hydrogen) atoms. The maximum Gasteiger partial charge on any atom is 0.159 e. The molecule has 0 aromatic heterocycles. The van der Waals surface area contributed by atoms with Crippen molar-refractivity contribution in [2.45, 2.75) is 12.5 Å². The van der Waals surface area contributed by atoms with Gasteiger partial charge in [-0.25, -0.2) is 0 Å². The van der Waals surface area contributed by atoms with Gasteiger partial charge in [0, 0.05) is 12.6 Å². The lowest BCUT2D eigenvalue weighted by Gasteiger charge is -2.14. The summed E-state index contributed by atoms with van der Waals surface area (Å²) in [6, 6.07) is 11.2. The highest BCUT2D eigenvalue weighted by Crippen LogP contribution is 2.32. The highest BCUT2D eigenvalue weighted by molar-refractivity contribution is 6.42. The lowest BCUT2D eigenvalue weighted by molar-refractivity contribution is 0.106. The number of halogens is 2. The first-order valence-corrected chi connectivity index (χ1v) is 8.83. The molecule has 3 rings (SSSR count). The van der Waals surface area contributed by atoms with Crippen molar-refractivity contribution >= 4 is 28.9 Å². The van der Waals surface area contributed by atoms with Gasteiger partial charge in [-0.05, 0) is 42.8 Å². The van der Waals surface area contributed by atoms with E-state index < -0.39 is 6.10 Å². The molecule has 1 aliphatic rings. The molecule has 134 valence electrons. The van der Waals surface area contributed by atoms with E-state index in [1.54, 1.807) is 6.07 Å². The number of benzene rings is 2. The summed E-state index contributed by atoms with van der Waals surface area (Å²) in [5, 5.41) is 17.4.